The minimum atomic E-state index is -1.40. The summed E-state index contributed by atoms with van der Waals surface area (Å²) in [5.41, 5.74) is 21.9. The number of carbonyl (C=O) groups excluding carboxylic acids is 3. The topological polar surface area (TPSA) is 261 Å². The molecule has 0 spiro atoms. The molecule has 0 aliphatic carbocycles. The van der Waals surface area contributed by atoms with Crippen LogP contribution in [0.4, 0.5) is 0 Å². The standard InChI is InChI=1S/C20H40N8O6S/c1-35-10-7-14(19(33)34)27-18(32)15(11-29)28-17(31)13(6-2-3-8-21)26-16(30)12(22)5-4-9-25-20(23)24/h12-15,29H,2-11,21-22H2,1H3,(H,26,30)(H,27,32)(H,28,31)(H,33,34)(H4,23,24,25). The normalized spacial score (nSPS) is 14.2. The number of thioether (sulfide) groups is 1. The maximum absolute atomic E-state index is 12.8. The lowest BCUT2D eigenvalue weighted by atomic mass is 10.1. The lowest BCUT2D eigenvalue weighted by molar-refractivity contribution is -0.142. The Morgan fingerprint density at radius 3 is 2.03 bits per heavy atom. The number of guanidine groups is 1. The van der Waals surface area contributed by atoms with Gasteiger partial charge in [-0.1, -0.05) is 0 Å². The Hall–Kier alpha value is -2.62. The van der Waals surface area contributed by atoms with Crippen LogP contribution in [0.25, 0.3) is 0 Å². The molecule has 0 heterocycles. The van der Waals surface area contributed by atoms with Crippen molar-refractivity contribution in [3.63, 3.8) is 0 Å². The van der Waals surface area contributed by atoms with Gasteiger partial charge in [0.1, 0.15) is 18.1 Å². The largest absolute Gasteiger partial charge is 0.480 e. The molecule has 0 aromatic heterocycles. The highest BCUT2D eigenvalue weighted by atomic mass is 32.2. The van der Waals surface area contributed by atoms with Gasteiger partial charge in [-0.2, -0.15) is 11.8 Å². The number of carbonyl (C=O) groups is 4. The fourth-order valence-corrected chi connectivity index (χ4v) is 3.39. The zero-order valence-electron chi connectivity index (χ0n) is 20.1. The number of amides is 3. The maximum Gasteiger partial charge on any atom is 0.326 e. The van der Waals surface area contributed by atoms with Gasteiger partial charge >= 0.3 is 5.97 Å². The second-order valence-corrected chi connectivity index (χ2v) is 8.81. The first-order valence-electron chi connectivity index (χ1n) is 11.3. The SMILES string of the molecule is CSCCC(NC(=O)C(CO)NC(=O)C(CCCCN)NC(=O)C(N)CCCN=C(N)N)C(=O)O. The first-order chi connectivity index (χ1) is 16.6. The highest BCUT2D eigenvalue weighted by Crippen LogP contribution is 2.05. The summed E-state index contributed by atoms with van der Waals surface area (Å²) in [7, 11) is 0. The van der Waals surface area contributed by atoms with Crippen LogP contribution in [0.15, 0.2) is 4.99 Å². The van der Waals surface area contributed by atoms with Crippen LogP contribution in [0.1, 0.15) is 38.5 Å². The van der Waals surface area contributed by atoms with Crippen LogP contribution < -0.4 is 38.9 Å². The van der Waals surface area contributed by atoms with Crippen LogP contribution in [0.2, 0.25) is 0 Å². The maximum atomic E-state index is 12.8. The van der Waals surface area contributed by atoms with Crippen molar-refractivity contribution in [3.8, 4) is 0 Å². The highest BCUT2D eigenvalue weighted by Gasteiger charge is 2.29. The molecule has 35 heavy (non-hydrogen) atoms. The molecular formula is C20H40N8O6S. The van der Waals surface area contributed by atoms with E-state index in [1.807, 2.05) is 0 Å². The Labute approximate surface area is 209 Å². The van der Waals surface area contributed by atoms with Gasteiger partial charge in [0.2, 0.25) is 17.7 Å². The van der Waals surface area contributed by atoms with Crippen LogP contribution in [0.5, 0.6) is 0 Å². The van der Waals surface area contributed by atoms with E-state index < -0.39 is 54.5 Å². The number of rotatable bonds is 19. The van der Waals surface area contributed by atoms with E-state index in [-0.39, 0.29) is 25.2 Å². The Morgan fingerprint density at radius 2 is 1.49 bits per heavy atom. The van der Waals surface area contributed by atoms with Crippen molar-refractivity contribution in [2.75, 3.05) is 31.7 Å². The first kappa shape index (κ1) is 32.4. The second-order valence-electron chi connectivity index (χ2n) is 7.83. The molecule has 0 radical (unpaired) electrons. The number of carboxylic acid groups (broad SMARTS) is 1. The van der Waals surface area contributed by atoms with Crippen LogP contribution in [0.3, 0.4) is 0 Å². The van der Waals surface area contributed by atoms with Crippen molar-refractivity contribution in [3.05, 3.63) is 0 Å². The molecule has 0 saturated carbocycles. The Balaban J connectivity index is 5.15. The minimum absolute atomic E-state index is 0.0685. The number of aliphatic hydroxyl groups is 1. The summed E-state index contributed by atoms with van der Waals surface area (Å²) in [4.78, 5) is 53.0. The molecule has 13 N–H and O–H groups in total. The van der Waals surface area contributed by atoms with Crippen LogP contribution >= 0.6 is 11.8 Å². The fraction of sp³-hybridized carbons (Fsp3) is 0.750. The van der Waals surface area contributed by atoms with Crippen LogP contribution in [-0.2, 0) is 19.2 Å². The Morgan fingerprint density at radius 1 is 0.886 bits per heavy atom. The molecule has 0 fully saturated rings. The van der Waals surface area contributed by atoms with Gasteiger partial charge < -0.3 is 49.1 Å². The number of unbranched alkanes of at least 4 members (excludes halogenated alkanes) is 1. The molecule has 4 unspecified atom stereocenters. The fourth-order valence-electron chi connectivity index (χ4n) is 2.92. The van der Waals surface area contributed by atoms with Crippen molar-refractivity contribution in [2.45, 2.75) is 62.7 Å². The molecule has 0 bridgehead atoms. The number of nitrogens with two attached hydrogens (primary N) is 4. The van der Waals surface area contributed by atoms with E-state index in [4.69, 9.17) is 22.9 Å². The van der Waals surface area contributed by atoms with Crippen molar-refractivity contribution in [2.24, 2.45) is 27.9 Å². The first-order valence-corrected chi connectivity index (χ1v) is 12.7. The van der Waals surface area contributed by atoms with Gasteiger partial charge in [0.15, 0.2) is 5.96 Å². The number of carboxylic acids is 1. The van der Waals surface area contributed by atoms with E-state index in [1.54, 1.807) is 6.26 Å². The van der Waals surface area contributed by atoms with Crippen molar-refractivity contribution < 1.29 is 29.4 Å². The molecule has 0 aliphatic rings. The number of aliphatic imine (C=N–C) groups is 1. The van der Waals surface area contributed by atoms with Gasteiger partial charge in [-0.25, -0.2) is 4.79 Å². The molecule has 15 heteroatoms. The van der Waals surface area contributed by atoms with Gasteiger partial charge in [-0.15, -0.1) is 0 Å². The number of aliphatic carboxylic acids is 1. The summed E-state index contributed by atoms with van der Waals surface area (Å²) in [6, 6.07) is -4.52. The molecule has 0 aromatic rings. The molecule has 202 valence electrons. The molecule has 0 aliphatic heterocycles. The quantitative estimate of drug-likeness (QED) is 0.0464. The van der Waals surface area contributed by atoms with E-state index in [0.717, 1.165) is 0 Å². The van der Waals surface area contributed by atoms with Crippen LogP contribution in [-0.4, -0.2) is 95.7 Å². The van der Waals surface area contributed by atoms with E-state index >= 15 is 0 Å². The number of nitrogens with zero attached hydrogens (tertiary/aromatic N) is 1. The van der Waals surface area contributed by atoms with E-state index in [0.29, 0.717) is 38.1 Å². The predicted molar refractivity (Wildman–Crippen MR) is 134 cm³/mol. The predicted octanol–water partition coefficient (Wildman–Crippen LogP) is -3.22. The number of aliphatic hydroxyl groups excluding tert-OH is 1. The third-order valence-corrected chi connectivity index (χ3v) is 5.57. The number of nitrogens with one attached hydrogen (secondary N) is 3. The number of hydrogen-bond donors (Lipinski definition) is 9. The smallest absolute Gasteiger partial charge is 0.326 e. The third kappa shape index (κ3) is 14.4. The molecule has 14 nitrogen and oxygen atoms in total. The van der Waals surface area contributed by atoms with Crippen molar-refractivity contribution in [1.82, 2.24) is 16.0 Å². The molecular weight excluding hydrogens is 480 g/mol. The third-order valence-electron chi connectivity index (χ3n) is 4.93. The zero-order valence-corrected chi connectivity index (χ0v) is 20.9. The van der Waals surface area contributed by atoms with E-state index in [2.05, 4.69) is 20.9 Å². The summed E-state index contributed by atoms with van der Waals surface area (Å²) >= 11 is 1.42. The monoisotopic (exact) mass is 520 g/mol. The summed E-state index contributed by atoms with van der Waals surface area (Å²) in [5.74, 6) is -2.94. The lowest BCUT2D eigenvalue weighted by Crippen LogP contribution is -2.58. The summed E-state index contributed by atoms with van der Waals surface area (Å²) in [6.45, 7) is -0.0770. The Kier molecular flexibility index (Phi) is 17.3. The molecule has 3 amide bonds. The molecule has 0 rings (SSSR count). The number of hydrogen-bond acceptors (Lipinski definition) is 9. The Bertz CT molecular complexity index is 707. The lowest BCUT2D eigenvalue weighted by Gasteiger charge is -2.24. The van der Waals surface area contributed by atoms with Gasteiger partial charge in [0.05, 0.1) is 12.6 Å². The van der Waals surface area contributed by atoms with Gasteiger partial charge in [0.25, 0.3) is 0 Å². The van der Waals surface area contributed by atoms with E-state index in [9.17, 15) is 29.4 Å². The molecule has 0 saturated heterocycles. The van der Waals surface area contributed by atoms with Crippen molar-refractivity contribution in [1.29, 1.82) is 0 Å². The van der Waals surface area contributed by atoms with Gasteiger partial charge in [-0.05, 0) is 57.1 Å². The zero-order chi connectivity index (χ0) is 26.8. The van der Waals surface area contributed by atoms with Gasteiger partial charge in [-0.3, -0.25) is 19.4 Å². The molecule has 4 atom stereocenters. The molecule has 0 aromatic carbocycles. The van der Waals surface area contributed by atoms with Crippen LogP contribution in [0, 0.1) is 0 Å². The minimum Gasteiger partial charge on any atom is -0.480 e. The summed E-state index contributed by atoms with van der Waals surface area (Å²) < 4.78 is 0. The average Bonchev–Trinajstić information content (AvgIpc) is 2.81. The highest BCUT2D eigenvalue weighted by molar-refractivity contribution is 7.98. The second kappa shape index (κ2) is 18.7. The van der Waals surface area contributed by atoms with Gasteiger partial charge in [0, 0.05) is 6.54 Å². The van der Waals surface area contributed by atoms with Crippen molar-refractivity contribution >= 4 is 41.4 Å². The summed E-state index contributed by atoms with van der Waals surface area (Å²) in [6.07, 6.45) is 4.03. The average molecular weight is 521 g/mol. The van der Waals surface area contributed by atoms with E-state index in [1.165, 1.54) is 11.8 Å². The summed E-state index contributed by atoms with van der Waals surface area (Å²) in [5, 5.41) is 26.2.